The lowest BCUT2D eigenvalue weighted by molar-refractivity contribution is -0.136. The van der Waals surface area contributed by atoms with Crippen LogP contribution in [0, 0.1) is 0 Å². The fourth-order valence-electron chi connectivity index (χ4n) is 1.76. The minimum atomic E-state index is -0.864. The second-order valence-electron chi connectivity index (χ2n) is 4.18. The number of aryl methyl sites for hydroxylation is 1. The quantitative estimate of drug-likeness (QED) is 0.881. The second kappa shape index (κ2) is 5.75. The normalized spacial score (nSPS) is 10.6. The highest BCUT2D eigenvalue weighted by atomic mass is 35.5. The summed E-state index contributed by atoms with van der Waals surface area (Å²) in [6.07, 6.45) is 1.96. The van der Waals surface area contributed by atoms with Crippen molar-refractivity contribution in [2.24, 2.45) is 0 Å². The Bertz CT molecular complexity index is 595. The third-order valence-corrected chi connectivity index (χ3v) is 3.13. The van der Waals surface area contributed by atoms with Crippen LogP contribution in [0.3, 0.4) is 0 Å². The van der Waals surface area contributed by atoms with E-state index in [2.05, 4.69) is 5.10 Å². The number of phenols is 1. The number of carboxylic acids is 1. The number of aromatic nitrogens is 2. The topological polar surface area (TPSA) is 75.3 Å². The number of carboxylic acid groups (broad SMARTS) is 1. The zero-order chi connectivity index (χ0) is 13.8. The smallest absolute Gasteiger partial charge is 0.303 e. The van der Waals surface area contributed by atoms with Gasteiger partial charge >= 0.3 is 5.97 Å². The molecule has 0 aliphatic rings. The molecular weight excluding hydrogens is 268 g/mol. The molecule has 0 unspecified atom stereocenters. The molecule has 1 aromatic carbocycles. The third kappa shape index (κ3) is 3.48. The number of halogens is 1. The zero-order valence-corrected chi connectivity index (χ0v) is 10.8. The van der Waals surface area contributed by atoms with Crippen molar-refractivity contribution in [3.05, 3.63) is 46.7 Å². The molecule has 0 atom stereocenters. The van der Waals surface area contributed by atoms with Gasteiger partial charge in [-0.2, -0.15) is 5.10 Å². The van der Waals surface area contributed by atoms with Gasteiger partial charge in [0, 0.05) is 12.0 Å². The van der Waals surface area contributed by atoms with Gasteiger partial charge in [0.05, 0.1) is 12.7 Å². The van der Waals surface area contributed by atoms with Crippen LogP contribution in [0.2, 0.25) is 5.15 Å². The van der Waals surface area contributed by atoms with Crippen LogP contribution in [0.1, 0.15) is 17.5 Å². The first-order valence-electron chi connectivity index (χ1n) is 5.76. The maximum absolute atomic E-state index is 10.5. The Balaban J connectivity index is 2.11. The van der Waals surface area contributed by atoms with Gasteiger partial charge in [-0.25, -0.2) is 4.68 Å². The van der Waals surface area contributed by atoms with Crippen molar-refractivity contribution < 1.29 is 15.0 Å². The Morgan fingerprint density at radius 2 is 2.21 bits per heavy atom. The average molecular weight is 281 g/mol. The van der Waals surface area contributed by atoms with E-state index in [4.69, 9.17) is 16.7 Å². The van der Waals surface area contributed by atoms with Crippen LogP contribution >= 0.6 is 11.6 Å². The molecule has 0 spiro atoms. The monoisotopic (exact) mass is 280 g/mol. The third-order valence-electron chi connectivity index (χ3n) is 2.70. The van der Waals surface area contributed by atoms with Crippen LogP contribution in [-0.2, 0) is 17.8 Å². The first kappa shape index (κ1) is 13.4. The SMILES string of the molecule is O=C(O)CCc1cnn(Cc2cccc(O)c2)c1Cl. The Morgan fingerprint density at radius 3 is 2.89 bits per heavy atom. The first-order valence-corrected chi connectivity index (χ1v) is 6.14. The Hall–Kier alpha value is -2.01. The number of rotatable bonds is 5. The lowest BCUT2D eigenvalue weighted by Crippen LogP contribution is -2.02. The fourth-order valence-corrected chi connectivity index (χ4v) is 2.00. The molecule has 6 heteroatoms. The van der Waals surface area contributed by atoms with Gasteiger partial charge in [0.25, 0.3) is 0 Å². The second-order valence-corrected chi connectivity index (χ2v) is 4.54. The van der Waals surface area contributed by atoms with E-state index in [0.29, 0.717) is 23.7 Å². The van der Waals surface area contributed by atoms with Gasteiger partial charge in [0.15, 0.2) is 0 Å². The highest BCUT2D eigenvalue weighted by molar-refractivity contribution is 6.30. The summed E-state index contributed by atoms with van der Waals surface area (Å²) < 4.78 is 1.58. The number of carbonyl (C=O) groups is 1. The molecular formula is C13H13ClN2O3. The summed E-state index contributed by atoms with van der Waals surface area (Å²) in [5, 5.41) is 22.6. The molecule has 0 saturated carbocycles. The fraction of sp³-hybridized carbons (Fsp3) is 0.231. The van der Waals surface area contributed by atoms with Crippen molar-refractivity contribution in [3.8, 4) is 5.75 Å². The minimum Gasteiger partial charge on any atom is -0.508 e. The zero-order valence-electron chi connectivity index (χ0n) is 10.1. The molecule has 0 aliphatic carbocycles. The van der Waals surface area contributed by atoms with Crippen molar-refractivity contribution in [2.75, 3.05) is 0 Å². The molecule has 0 radical (unpaired) electrons. The average Bonchev–Trinajstić information content (AvgIpc) is 2.68. The Labute approximate surface area is 115 Å². The molecule has 100 valence electrons. The standard InChI is InChI=1S/C13H13ClN2O3/c14-13-10(4-5-12(18)19)7-15-16(13)8-9-2-1-3-11(17)6-9/h1-3,6-7,17H,4-5,8H2,(H,18,19). The number of aromatic hydroxyl groups is 1. The molecule has 5 nitrogen and oxygen atoms in total. The lowest BCUT2D eigenvalue weighted by atomic mass is 10.2. The molecule has 1 heterocycles. The summed E-state index contributed by atoms with van der Waals surface area (Å²) in [4.78, 5) is 10.5. The highest BCUT2D eigenvalue weighted by Gasteiger charge is 2.10. The van der Waals surface area contributed by atoms with Gasteiger partial charge in [0.2, 0.25) is 0 Å². The molecule has 0 bridgehead atoms. The molecule has 0 amide bonds. The van der Waals surface area contributed by atoms with Crippen molar-refractivity contribution in [1.29, 1.82) is 0 Å². The number of hydrogen-bond donors (Lipinski definition) is 2. The minimum absolute atomic E-state index is 0.0253. The van der Waals surface area contributed by atoms with Crippen molar-refractivity contribution in [1.82, 2.24) is 9.78 Å². The van der Waals surface area contributed by atoms with Gasteiger partial charge in [0.1, 0.15) is 10.9 Å². The van der Waals surface area contributed by atoms with Crippen molar-refractivity contribution in [3.63, 3.8) is 0 Å². The number of phenolic OH excluding ortho intramolecular Hbond substituents is 1. The molecule has 0 saturated heterocycles. The van der Waals surface area contributed by atoms with Gasteiger partial charge in [-0.1, -0.05) is 23.7 Å². The lowest BCUT2D eigenvalue weighted by Gasteiger charge is -2.04. The van der Waals surface area contributed by atoms with Gasteiger partial charge in [-0.05, 0) is 24.1 Å². The molecule has 1 aromatic heterocycles. The summed E-state index contributed by atoms with van der Waals surface area (Å²) in [6.45, 7) is 0.431. The van der Waals surface area contributed by atoms with Gasteiger partial charge in [-0.15, -0.1) is 0 Å². The number of benzene rings is 1. The summed E-state index contributed by atoms with van der Waals surface area (Å²) in [6, 6.07) is 6.82. The van der Waals surface area contributed by atoms with Crippen LogP contribution in [0.25, 0.3) is 0 Å². The molecule has 0 fully saturated rings. The predicted octanol–water partition coefficient (Wildman–Crippen LogP) is 2.31. The molecule has 2 rings (SSSR count). The Morgan fingerprint density at radius 1 is 1.42 bits per heavy atom. The van der Waals surface area contributed by atoms with Crippen molar-refractivity contribution in [2.45, 2.75) is 19.4 Å². The van der Waals surface area contributed by atoms with Crippen LogP contribution < -0.4 is 0 Å². The highest BCUT2D eigenvalue weighted by Crippen LogP contribution is 2.19. The largest absolute Gasteiger partial charge is 0.508 e. The molecule has 2 N–H and O–H groups in total. The maximum atomic E-state index is 10.5. The predicted molar refractivity (Wildman–Crippen MR) is 70.4 cm³/mol. The summed E-state index contributed by atoms with van der Waals surface area (Å²) in [7, 11) is 0. The Kier molecular flexibility index (Phi) is 4.06. The van der Waals surface area contributed by atoms with Crippen LogP contribution in [-0.4, -0.2) is 26.0 Å². The van der Waals surface area contributed by atoms with E-state index in [-0.39, 0.29) is 12.2 Å². The molecule has 19 heavy (non-hydrogen) atoms. The van der Waals surface area contributed by atoms with E-state index in [0.717, 1.165) is 5.56 Å². The van der Waals surface area contributed by atoms with Gasteiger partial charge in [-0.3, -0.25) is 4.79 Å². The summed E-state index contributed by atoms with van der Waals surface area (Å²) >= 11 is 6.14. The van der Waals surface area contributed by atoms with Crippen molar-refractivity contribution >= 4 is 17.6 Å². The molecule has 0 aliphatic heterocycles. The molecule has 2 aromatic rings. The van der Waals surface area contributed by atoms with E-state index in [1.54, 1.807) is 29.1 Å². The van der Waals surface area contributed by atoms with E-state index < -0.39 is 5.97 Å². The van der Waals surface area contributed by atoms with E-state index in [1.165, 1.54) is 0 Å². The van der Waals surface area contributed by atoms with Crippen LogP contribution in [0.15, 0.2) is 30.5 Å². The number of aliphatic carboxylic acids is 1. The summed E-state index contributed by atoms with van der Waals surface area (Å²) in [5.74, 6) is -0.677. The number of hydrogen-bond acceptors (Lipinski definition) is 3. The van der Waals surface area contributed by atoms with Gasteiger partial charge < -0.3 is 10.2 Å². The summed E-state index contributed by atoms with van der Waals surface area (Å²) in [5.41, 5.74) is 1.58. The van der Waals surface area contributed by atoms with Crippen LogP contribution in [0.4, 0.5) is 0 Å². The number of nitrogens with zero attached hydrogens (tertiary/aromatic N) is 2. The van der Waals surface area contributed by atoms with Crippen LogP contribution in [0.5, 0.6) is 5.75 Å². The van der Waals surface area contributed by atoms with E-state index in [9.17, 15) is 9.90 Å². The first-order chi connectivity index (χ1) is 9.06. The van der Waals surface area contributed by atoms with E-state index in [1.807, 2.05) is 6.07 Å². The maximum Gasteiger partial charge on any atom is 0.303 e. The van der Waals surface area contributed by atoms with E-state index >= 15 is 0 Å².